The van der Waals surface area contributed by atoms with Gasteiger partial charge in [0.1, 0.15) is 0 Å². The predicted molar refractivity (Wildman–Crippen MR) is 116 cm³/mol. The van der Waals surface area contributed by atoms with Crippen molar-refractivity contribution in [2.24, 2.45) is 0 Å². The highest BCUT2D eigenvalue weighted by molar-refractivity contribution is 7.89. The van der Waals surface area contributed by atoms with Crippen molar-refractivity contribution in [1.29, 1.82) is 0 Å². The number of benzene rings is 1. The van der Waals surface area contributed by atoms with Gasteiger partial charge in [-0.1, -0.05) is 32.9 Å². The van der Waals surface area contributed by atoms with Gasteiger partial charge in [-0.3, -0.25) is 4.79 Å². The molecule has 0 bridgehead atoms. The van der Waals surface area contributed by atoms with E-state index in [2.05, 4.69) is 5.10 Å². The average Bonchev–Trinajstić information content (AvgIpc) is 2.74. The zero-order valence-corrected chi connectivity index (χ0v) is 18.7. The van der Waals surface area contributed by atoms with Crippen molar-refractivity contribution in [3.63, 3.8) is 0 Å². The number of nitrogens with zero attached hydrogens (tertiary/aromatic N) is 3. The lowest BCUT2D eigenvalue weighted by molar-refractivity contribution is 0.444. The summed E-state index contributed by atoms with van der Waals surface area (Å²) in [6.07, 6.45) is 4.24. The van der Waals surface area contributed by atoms with E-state index in [4.69, 9.17) is 0 Å². The Balaban J connectivity index is 2.25. The van der Waals surface area contributed by atoms with Crippen molar-refractivity contribution in [3.8, 4) is 11.3 Å². The van der Waals surface area contributed by atoms with E-state index in [1.807, 2.05) is 39.8 Å². The Morgan fingerprint density at radius 3 is 2.28 bits per heavy atom. The van der Waals surface area contributed by atoms with Gasteiger partial charge in [0.05, 0.1) is 10.6 Å². The highest BCUT2D eigenvalue weighted by atomic mass is 32.2. The van der Waals surface area contributed by atoms with Crippen LogP contribution in [0, 0.1) is 0 Å². The third kappa shape index (κ3) is 3.90. The molecular formula is C22H31N3O3S. The molecule has 1 aromatic heterocycles. The average molecular weight is 418 g/mol. The van der Waals surface area contributed by atoms with E-state index in [1.54, 1.807) is 6.07 Å². The first-order chi connectivity index (χ1) is 13.9. The molecule has 29 heavy (non-hydrogen) atoms. The molecular weight excluding hydrogens is 386 g/mol. The molecule has 0 atom stereocenters. The summed E-state index contributed by atoms with van der Waals surface area (Å²) in [5.41, 5.74) is 4.15. The largest absolute Gasteiger partial charge is 0.270 e. The van der Waals surface area contributed by atoms with E-state index in [-0.39, 0.29) is 5.56 Å². The summed E-state index contributed by atoms with van der Waals surface area (Å²) in [5.74, 6) is 0. The van der Waals surface area contributed by atoms with Crippen LogP contribution in [0.25, 0.3) is 11.3 Å². The molecule has 1 aliphatic carbocycles. The fourth-order valence-corrected chi connectivity index (χ4v) is 5.95. The van der Waals surface area contributed by atoms with E-state index in [0.29, 0.717) is 31.0 Å². The summed E-state index contributed by atoms with van der Waals surface area (Å²) >= 11 is 0. The van der Waals surface area contributed by atoms with Crippen LogP contribution >= 0.6 is 0 Å². The fourth-order valence-electron chi connectivity index (χ4n) is 4.17. The normalized spacial score (nSPS) is 14.2. The van der Waals surface area contributed by atoms with E-state index in [9.17, 15) is 13.2 Å². The van der Waals surface area contributed by atoms with Crippen LogP contribution in [0.2, 0.25) is 0 Å². The second kappa shape index (κ2) is 8.79. The van der Waals surface area contributed by atoms with Crippen LogP contribution in [0.15, 0.2) is 27.9 Å². The van der Waals surface area contributed by atoms with Gasteiger partial charge < -0.3 is 0 Å². The number of hydrogen-bond acceptors (Lipinski definition) is 4. The first-order valence-electron chi connectivity index (χ1n) is 10.6. The summed E-state index contributed by atoms with van der Waals surface area (Å²) < 4.78 is 29.5. The number of sulfonamides is 1. The first kappa shape index (κ1) is 21.7. The van der Waals surface area contributed by atoms with Crippen molar-refractivity contribution in [1.82, 2.24) is 14.1 Å². The molecule has 1 aliphatic rings. The summed E-state index contributed by atoms with van der Waals surface area (Å²) in [7, 11) is -3.58. The van der Waals surface area contributed by atoms with Gasteiger partial charge in [-0.25, -0.2) is 13.1 Å². The van der Waals surface area contributed by atoms with Gasteiger partial charge in [0, 0.05) is 30.8 Å². The van der Waals surface area contributed by atoms with Gasteiger partial charge >= 0.3 is 0 Å². The maximum absolute atomic E-state index is 13.3. The van der Waals surface area contributed by atoms with Crippen molar-refractivity contribution in [2.75, 3.05) is 13.1 Å². The molecule has 6 nitrogen and oxygen atoms in total. The van der Waals surface area contributed by atoms with Gasteiger partial charge in [-0.2, -0.15) is 9.40 Å². The lowest BCUT2D eigenvalue weighted by Crippen LogP contribution is -2.31. The number of hydrogen-bond donors (Lipinski definition) is 0. The van der Waals surface area contributed by atoms with Crippen LogP contribution in [0.5, 0.6) is 0 Å². The minimum Gasteiger partial charge on any atom is -0.267 e. The fraction of sp³-hybridized carbons (Fsp3) is 0.545. The number of aryl methyl sites for hydroxylation is 2. The van der Waals surface area contributed by atoms with Crippen molar-refractivity contribution in [3.05, 3.63) is 45.2 Å². The highest BCUT2D eigenvalue weighted by Gasteiger charge is 2.26. The summed E-state index contributed by atoms with van der Waals surface area (Å²) in [6.45, 7) is 8.94. The summed E-state index contributed by atoms with van der Waals surface area (Å²) in [5, 5.41) is 4.63. The van der Waals surface area contributed by atoms with Crippen LogP contribution < -0.4 is 5.56 Å². The molecule has 0 fully saturated rings. The number of fused-ring (bicyclic) bond motifs is 1. The topological polar surface area (TPSA) is 72.3 Å². The summed E-state index contributed by atoms with van der Waals surface area (Å²) in [6, 6.07) is 5.60. The first-order valence-corrected chi connectivity index (χ1v) is 12.1. The van der Waals surface area contributed by atoms with Crippen LogP contribution in [0.3, 0.4) is 0 Å². The van der Waals surface area contributed by atoms with Crippen LogP contribution in [0.4, 0.5) is 0 Å². The Kier molecular flexibility index (Phi) is 6.58. The third-order valence-corrected chi connectivity index (χ3v) is 7.94. The van der Waals surface area contributed by atoms with Crippen molar-refractivity contribution >= 4 is 10.0 Å². The molecule has 0 radical (unpaired) electrons. The lowest BCUT2D eigenvalue weighted by Gasteiger charge is -2.22. The van der Waals surface area contributed by atoms with E-state index in [1.165, 1.54) is 8.99 Å². The highest BCUT2D eigenvalue weighted by Crippen LogP contribution is 2.31. The molecule has 7 heteroatoms. The Labute approximate surface area is 173 Å². The number of rotatable bonds is 7. The lowest BCUT2D eigenvalue weighted by atomic mass is 9.89. The van der Waals surface area contributed by atoms with Gasteiger partial charge in [0.15, 0.2) is 0 Å². The molecule has 0 spiro atoms. The smallest absolute Gasteiger partial charge is 0.267 e. The zero-order chi connectivity index (χ0) is 21.2. The Bertz CT molecular complexity index is 1050. The second-order valence-electron chi connectivity index (χ2n) is 7.40. The molecule has 0 saturated heterocycles. The van der Waals surface area contributed by atoms with E-state index in [0.717, 1.165) is 53.6 Å². The van der Waals surface area contributed by atoms with Crippen molar-refractivity contribution in [2.45, 2.75) is 71.2 Å². The predicted octanol–water partition coefficient (Wildman–Crippen LogP) is 3.40. The minimum atomic E-state index is -3.58. The maximum atomic E-state index is 13.3. The third-order valence-electron chi connectivity index (χ3n) is 5.81. The van der Waals surface area contributed by atoms with E-state index < -0.39 is 10.0 Å². The molecule has 0 aliphatic heterocycles. The molecule has 1 heterocycles. The van der Waals surface area contributed by atoms with Gasteiger partial charge in [0.25, 0.3) is 5.56 Å². The van der Waals surface area contributed by atoms with E-state index >= 15 is 0 Å². The molecule has 3 rings (SSSR count). The maximum Gasteiger partial charge on any atom is 0.270 e. The number of aromatic nitrogens is 2. The molecule has 0 unspecified atom stereocenters. The monoisotopic (exact) mass is 417 g/mol. The van der Waals surface area contributed by atoms with Crippen LogP contribution in [-0.2, 0) is 35.8 Å². The standard InChI is InChI=1S/C22H31N3O3S/c1-5-16-13-14-17(15-20(16)29(27,28)24(6-2)7-3)21-18-11-9-10-12-19(18)22(26)25(8-4)23-21/h13-15H,5-12H2,1-4H3. The quantitative estimate of drug-likeness (QED) is 0.692. The molecule has 0 amide bonds. The van der Waals surface area contributed by atoms with Gasteiger partial charge in [0.2, 0.25) is 10.0 Å². The van der Waals surface area contributed by atoms with Crippen LogP contribution in [0.1, 0.15) is 57.2 Å². The Morgan fingerprint density at radius 1 is 1.03 bits per heavy atom. The van der Waals surface area contributed by atoms with Gasteiger partial charge in [-0.15, -0.1) is 0 Å². The minimum absolute atomic E-state index is 0.00730. The molecule has 1 aromatic carbocycles. The molecule has 0 saturated carbocycles. The SMILES string of the molecule is CCc1ccc(-c2nn(CC)c(=O)c3c2CCCC3)cc1S(=O)(=O)N(CC)CC. The second-order valence-corrected chi connectivity index (χ2v) is 9.31. The Morgan fingerprint density at radius 2 is 1.69 bits per heavy atom. The Hall–Kier alpha value is -1.99. The zero-order valence-electron chi connectivity index (χ0n) is 17.9. The van der Waals surface area contributed by atoms with Gasteiger partial charge in [-0.05, 0) is 56.2 Å². The van der Waals surface area contributed by atoms with Crippen molar-refractivity contribution < 1.29 is 8.42 Å². The molecule has 0 N–H and O–H groups in total. The van der Waals surface area contributed by atoms with Crippen LogP contribution in [-0.4, -0.2) is 35.6 Å². The summed E-state index contributed by atoms with van der Waals surface area (Å²) in [4.78, 5) is 13.1. The molecule has 2 aromatic rings. The molecule has 158 valence electrons.